The Morgan fingerprint density at radius 2 is 1.68 bits per heavy atom. The van der Waals surface area contributed by atoms with E-state index < -0.39 is 11.7 Å². The average Bonchev–Trinajstić information content (AvgIpc) is 2.96. The number of nitriles is 1. The normalized spacial score (nSPS) is 10.9. The highest BCUT2D eigenvalue weighted by molar-refractivity contribution is 6.32. The second-order valence-corrected chi connectivity index (χ2v) is 8.97. The summed E-state index contributed by atoms with van der Waals surface area (Å²) in [6.45, 7) is 2.48. The molecule has 40 heavy (non-hydrogen) atoms. The molecule has 0 unspecified atom stereocenters. The Morgan fingerprint density at radius 1 is 0.950 bits per heavy atom. The van der Waals surface area contributed by atoms with Crippen LogP contribution < -0.4 is 19.5 Å². The summed E-state index contributed by atoms with van der Waals surface area (Å²) in [5.74, 6) is 0.209. The van der Waals surface area contributed by atoms with Crippen molar-refractivity contribution in [2.75, 3.05) is 11.9 Å². The minimum absolute atomic E-state index is 0.0520. The van der Waals surface area contributed by atoms with Gasteiger partial charge in [-0.2, -0.15) is 5.26 Å². The smallest absolute Gasteiger partial charge is 0.266 e. The third-order valence-electron chi connectivity index (χ3n) is 5.70. The molecule has 1 N–H and O–H groups in total. The molecule has 1 amide bonds. The second-order valence-electron chi connectivity index (χ2n) is 8.57. The molecule has 4 aromatic rings. The molecule has 0 aliphatic heterocycles. The van der Waals surface area contributed by atoms with Gasteiger partial charge in [-0.15, -0.1) is 0 Å². The lowest BCUT2D eigenvalue weighted by Crippen LogP contribution is -2.13. The Morgan fingerprint density at radius 3 is 2.38 bits per heavy atom. The number of rotatable bonds is 11. The van der Waals surface area contributed by atoms with Gasteiger partial charge in [-0.3, -0.25) is 4.79 Å². The summed E-state index contributed by atoms with van der Waals surface area (Å²) < 4.78 is 31.2. The van der Waals surface area contributed by atoms with E-state index >= 15 is 0 Å². The fourth-order valence-electron chi connectivity index (χ4n) is 3.73. The molecule has 0 spiro atoms. The summed E-state index contributed by atoms with van der Waals surface area (Å²) in [5.41, 5.74) is 2.24. The standard InChI is InChI=1S/C32H26ClFN2O4/c1-2-38-30-18-23(17-28(33)31(30)40-21-24-10-6-7-11-29(24)34)16-25(19-35)32(37)36-26-12-14-27(15-13-26)39-20-22-8-4-3-5-9-22/h3-18H,2,20-21H2,1H3,(H,36,37)/b25-16+. The Hall–Kier alpha value is -4.80. The molecule has 0 fully saturated rings. The molecule has 0 saturated carbocycles. The molecule has 8 heteroatoms. The van der Waals surface area contributed by atoms with Gasteiger partial charge in [0.2, 0.25) is 0 Å². The predicted molar refractivity (Wildman–Crippen MR) is 153 cm³/mol. The number of amides is 1. The highest BCUT2D eigenvalue weighted by atomic mass is 35.5. The number of nitrogens with zero attached hydrogens (tertiary/aromatic N) is 1. The van der Waals surface area contributed by atoms with Gasteiger partial charge in [0.1, 0.15) is 36.4 Å². The predicted octanol–water partition coefficient (Wildman–Crippen LogP) is 7.58. The van der Waals surface area contributed by atoms with Crippen molar-refractivity contribution in [3.05, 3.63) is 124 Å². The minimum Gasteiger partial charge on any atom is -0.490 e. The van der Waals surface area contributed by atoms with Gasteiger partial charge < -0.3 is 19.5 Å². The molecular formula is C32H26ClFN2O4. The fraction of sp³-hybridized carbons (Fsp3) is 0.125. The third-order valence-corrected chi connectivity index (χ3v) is 5.98. The molecule has 0 radical (unpaired) electrons. The molecule has 0 saturated heterocycles. The Bertz CT molecular complexity index is 1530. The number of halogens is 2. The van der Waals surface area contributed by atoms with E-state index in [0.29, 0.717) is 41.5 Å². The zero-order valence-electron chi connectivity index (χ0n) is 21.7. The van der Waals surface area contributed by atoms with Crippen LogP contribution in [-0.4, -0.2) is 12.5 Å². The topological polar surface area (TPSA) is 80.6 Å². The Balaban J connectivity index is 1.45. The SMILES string of the molecule is CCOc1cc(/C=C(\C#N)C(=O)Nc2ccc(OCc3ccccc3)cc2)cc(Cl)c1OCc1ccccc1F. The van der Waals surface area contributed by atoms with Crippen molar-refractivity contribution in [3.8, 4) is 23.3 Å². The number of benzene rings is 4. The van der Waals surface area contributed by atoms with Gasteiger partial charge in [0.15, 0.2) is 11.5 Å². The molecule has 0 aliphatic rings. The summed E-state index contributed by atoms with van der Waals surface area (Å²) in [4.78, 5) is 12.8. The molecule has 4 aromatic carbocycles. The highest BCUT2D eigenvalue weighted by Crippen LogP contribution is 2.38. The molecule has 0 heterocycles. The van der Waals surface area contributed by atoms with E-state index in [9.17, 15) is 14.4 Å². The van der Waals surface area contributed by atoms with Gasteiger partial charge in [0, 0.05) is 11.3 Å². The monoisotopic (exact) mass is 556 g/mol. The van der Waals surface area contributed by atoms with E-state index in [1.165, 1.54) is 12.1 Å². The van der Waals surface area contributed by atoms with Crippen LogP contribution in [0.2, 0.25) is 5.02 Å². The lowest BCUT2D eigenvalue weighted by Gasteiger charge is -2.15. The number of ether oxygens (including phenoxy) is 3. The first-order valence-electron chi connectivity index (χ1n) is 12.5. The lowest BCUT2D eigenvalue weighted by atomic mass is 10.1. The van der Waals surface area contributed by atoms with E-state index in [4.69, 9.17) is 25.8 Å². The van der Waals surface area contributed by atoms with Crippen molar-refractivity contribution in [3.63, 3.8) is 0 Å². The van der Waals surface area contributed by atoms with Crippen LogP contribution in [0.4, 0.5) is 10.1 Å². The first-order valence-corrected chi connectivity index (χ1v) is 12.9. The lowest BCUT2D eigenvalue weighted by molar-refractivity contribution is -0.112. The van der Waals surface area contributed by atoms with Crippen molar-refractivity contribution in [2.24, 2.45) is 0 Å². The first-order chi connectivity index (χ1) is 19.5. The number of hydrogen-bond acceptors (Lipinski definition) is 5. The molecule has 4 rings (SSSR count). The molecule has 0 aromatic heterocycles. The van der Waals surface area contributed by atoms with E-state index in [1.54, 1.807) is 61.5 Å². The summed E-state index contributed by atoms with van der Waals surface area (Å²) in [6.07, 6.45) is 1.40. The van der Waals surface area contributed by atoms with E-state index in [-0.39, 0.29) is 23.0 Å². The number of nitrogens with one attached hydrogen (secondary N) is 1. The van der Waals surface area contributed by atoms with E-state index in [2.05, 4.69) is 5.32 Å². The summed E-state index contributed by atoms with van der Waals surface area (Å²) >= 11 is 6.47. The van der Waals surface area contributed by atoms with Crippen LogP contribution in [0.15, 0.2) is 96.6 Å². The summed E-state index contributed by atoms with van der Waals surface area (Å²) in [6, 6.07) is 28.0. The molecule has 0 atom stereocenters. The van der Waals surface area contributed by atoms with Crippen molar-refractivity contribution >= 4 is 29.3 Å². The third kappa shape index (κ3) is 7.62. The van der Waals surface area contributed by atoms with Gasteiger partial charge in [-0.25, -0.2) is 4.39 Å². The van der Waals surface area contributed by atoms with Crippen LogP contribution in [0.1, 0.15) is 23.6 Å². The van der Waals surface area contributed by atoms with Gasteiger partial charge in [-0.05, 0) is 66.6 Å². The number of anilines is 1. The van der Waals surface area contributed by atoms with E-state index in [0.717, 1.165) is 5.56 Å². The van der Waals surface area contributed by atoms with Crippen LogP contribution in [0, 0.1) is 17.1 Å². The van der Waals surface area contributed by atoms with Crippen LogP contribution in [0.25, 0.3) is 6.08 Å². The van der Waals surface area contributed by atoms with Gasteiger partial charge in [0.25, 0.3) is 5.91 Å². The van der Waals surface area contributed by atoms with Gasteiger partial charge in [-0.1, -0.05) is 60.1 Å². The van der Waals surface area contributed by atoms with E-state index in [1.807, 2.05) is 36.4 Å². The minimum atomic E-state index is -0.589. The van der Waals surface area contributed by atoms with Crippen molar-refractivity contribution in [1.29, 1.82) is 5.26 Å². The maximum absolute atomic E-state index is 14.0. The quantitative estimate of drug-likeness (QED) is 0.152. The fourth-order valence-corrected chi connectivity index (χ4v) is 4.00. The van der Waals surface area contributed by atoms with Crippen molar-refractivity contribution in [2.45, 2.75) is 20.1 Å². The zero-order valence-corrected chi connectivity index (χ0v) is 22.5. The van der Waals surface area contributed by atoms with Crippen LogP contribution in [-0.2, 0) is 18.0 Å². The maximum atomic E-state index is 14.0. The van der Waals surface area contributed by atoms with Crippen molar-refractivity contribution < 1.29 is 23.4 Å². The van der Waals surface area contributed by atoms with Gasteiger partial charge in [0.05, 0.1) is 11.6 Å². The largest absolute Gasteiger partial charge is 0.490 e. The highest BCUT2D eigenvalue weighted by Gasteiger charge is 2.16. The Labute approximate surface area is 237 Å². The Kier molecular flexibility index (Phi) is 9.76. The summed E-state index contributed by atoms with van der Waals surface area (Å²) in [7, 11) is 0. The maximum Gasteiger partial charge on any atom is 0.266 e. The van der Waals surface area contributed by atoms with Crippen LogP contribution >= 0.6 is 11.6 Å². The number of hydrogen-bond donors (Lipinski definition) is 1. The van der Waals surface area contributed by atoms with Crippen LogP contribution in [0.5, 0.6) is 17.2 Å². The molecule has 0 bridgehead atoms. The number of carbonyl (C=O) groups excluding carboxylic acids is 1. The molecule has 6 nitrogen and oxygen atoms in total. The van der Waals surface area contributed by atoms with Gasteiger partial charge >= 0.3 is 0 Å². The van der Waals surface area contributed by atoms with Crippen LogP contribution in [0.3, 0.4) is 0 Å². The number of carbonyl (C=O) groups is 1. The first kappa shape index (κ1) is 28.2. The average molecular weight is 557 g/mol. The second kappa shape index (κ2) is 13.8. The summed E-state index contributed by atoms with van der Waals surface area (Å²) in [5, 5.41) is 12.6. The molecular weight excluding hydrogens is 531 g/mol. The van der Waals surface area contributed by atoms with Crippen molar-refractivity contribution in [1.82, 2.24) is 0 Å². The molecule has 0 aliphatic carbocycles. The molecule has 202 valence electrons. The zero-order chi connectivity index (χ0) is 28.3.